The van der Waals surface area contributed by atoms with E-state index >= 15 is 0 Å². The third kappa shape index (κ3) is 3.21. The van der Waals surface area contributed by atoms with Gasteiger partial charge in [0.15, 0.2) is 0 Å². The van der Waals surface area contributed by atoms with Gasteiger partial charge in [-0.05, 0) is 0 Å². The van der Waals surface area contributed by atoms with Gasteiger partial charge in [-0.3, -0.25) is 5.41 Å². The molecule has 0 aromatic carbocycles. The molecule has 0 bridgehead atoms. The van der Waals surface area contributed by atoms with Crippen LogP contribution in [-0.2, 0) is 14.2 Å². The Balaban J connectivity index is 0.00000180. The summed E-state index contributed by atoms with van der Waals surface area (Å²) >= 11 is 0. The first kappa shape index (κ1) is 12.9. The molecule has 1 saturated heterocycles. The molecule has 2 heterocycles. The first-order valence-corrected chi connectivity index (χ1v) is 5.59. The molecule has 2 rings (SSSR count). The Morgan fingerprint density at radius 2 is 2.50 bits per heavy atom. The van der Waals surface area contributed by atoms with Crippen molar-refractivity contribution >= 4 is 25.0 Å². The summed E-state index contributed by atoms with van der Waals surface area (Å²) < 4.78 is 15.9. The van der Waals surface area contributed by atoms with Crippen LogP contribution in [0.4, 0.5) is 5.82 Å². The normalized spacial score (nSPS) is 19.4. The number of anilines is 1. The molecule has 1 aromatic heterocycles. The van der Waals surface area contributed by atoms with Crippen molar-refractivity contribution in [2.75, 3.05) is 32.2 Å². The van der Waals surface area contributed by atoms with E-state index < -0.39 is 0 Å². The van der Waals surface area contributed by atoms with Crippen LogP contribution in [0.1, 0.15) is 6.99 Å². The van der Waals surface area contributed by atoms with Gasteiger partial charge in [-0.1, -0.05) is 11.5 Å². The quantitative estimate of drug-likeness (QED) is 0.426. The van der Waals surface area contributed by atoms with E-state index in [9.17, 15) is 0 Å². The maximum Gasteiger partial charge on any atom is 0.217 e. The third-order valence-electron chi connectivity index (χ3n) is 2.48. The highest BCUT2D eigenvalue weighted by Crippen LogP contribution is 2.09. The zero-order valence-corrected chi connectivity index (χ0v) is 9.89. The largest absolute Gasteiger partial charge is 0.475 e. The summed E-state index contributed by atoms with van der Waals surface area (Å²) in [5.41, 5.74) is 6.47. The van der Waals surface area contributed by atoms with Gasteiger partial charge in [-0.2, -0.15) is 0 Å². The van der Waals surface area contributed by atoms with Gasteiger partial charge in [0.1, 0.15) is 26.4 Å². The SMILES string of the molecule is [B]c1cnc(N)c(C(=N)OC[C@H]2COCCO2)c1.[HH]. The maximum atomic E-state index is 7.79. The van der Waals surface area contributed by atoms with Gasteiger partial charge in [0.05, 0.1) is 25.4 Å². The number of hydrogen-bond acceptors (Lipinski definition) is 6. The molecule has 1 aliphatic heterocycles. The second-order valence-electron chi connectivity index (χ2n) is 3.91. The standard InChI is InChI=1S/C11H14BN3O3.H2/c12-7-3-9(10(13)15-4-7)11(14)18-6-8-5-16-1-2-17-8;/h3-4,8,14H,1-2,5-6H2,(H2,13,15);1H/t8-;/m1./s1. The molecule has 6 nitrogen and oxygen atoms in total. The van der Waals surface area contributed by atoms with Gasteiger partial charge in [0.2, 0.25) is 5.90 Å². The van der Waals surface area contributed by atoms with Crippen molar-refractivity contribution in [1.82, 2.24) is 4.98 Å². The lowest BCUT2D eigenvalue weighted by atomic mass is 9.97. The lowest BCUT2D eigenvalue weighted by Gasteiger charge is -2.23. The molecule has 18 heavy (non-hydrogen) atoms. The van der Waals surface area contributed by atoms with Gasteiger partial charge < -0.3 is 19.9 Å². The number of aromatic nitrogens is 1. The fourth-order valence-corrected chi connectivity index (χ4v) is 1.56. The Labute approximate surface area is 108 Å². The Hall–Kier alpha value is -1.60. The molecule has 3 N–H and O–H groups in total. The summed E-state index contributed by atoms with van der Waals surface area (Å²) in [6.45, 7) is 1.86. The number of nitrogen functional groups attached to an aromatic ring is 1. The number of rotatable bonds is 3. The molecule has 1 aliphatic rings. The van der Waals surface area contributed by atoms with Crippen LogP contribution in [0.2, 0.25) is 0 Å². The second kappa shape index (κ2) is 5.84. The maximum absolute atomic E-state index is 7.79. The number of nitrogens with one attached hydrogen (secondary N) is 1. The van der Waals surface area contributed by atoms with E-state index in [1.54, 1.807) is 6.07 Å². The summed E-state index contributed by atoms with van der Waals surface area (Å²) in [5.74, 6) is 0.150. The van der Waals surface area contributed by atoms with Crippen molar-refractivity contribution in [3.05, 3.63) is 17.8 Å². The minimum absolute atomic E-state index is 0. The van der Waals surface area contributed by atoms with E-state index in [0.717, 1.165) is 0 Å². The van der Waals surface area contributed by atoms with Crippen LogP contribution >= 0.6 is 0 Å². The number of ether oxygens (including phenoxy) is 3. The summed E-state index contributed by atoms with van der Waals surface area (Å²) in [7, 11) is 5.59. The second-order valence-corrected chi connectivity index (χ2v) is 3.91. The van der Waals surface area contributed by atoms with Gasteiger partial charge >= 0.3 is 0 Å². The zero-order valence-electron chi connectivity index (χ0n) is 9.89. The fraction of sp³-hybridized carbons (Fsp3) is 0.455. The van der Waals surface area contributed by atoms with Crippen LogP contribution in [0.5, 0.6) is 0 Å². The Morgan fingerprint density at radius 3 is 3.22 bits per heavy atom. The van der Waals surface area contributed by atoms with E-state index in [2.05, 4.69) is 4.98 Å². The Kier molecular flexibility index (Phi) is 4.17. The minimum Gasteiger partial charge on any atom is -0.475 e. The van der Waals surface area contributed by atoms with Crippen LogP contribution in [0.3, 0.4) is 0 Å². The highest BCUT2D eigenvalue weighted by molar-refractivity contribution is 6.32. The minimum atomic E-state index is -0.158. The van der Waals surface area contributed by atoms with Crippen molar-refractivity contribution in [1.29, 1.82) is 5.41 Å². The van der Waals surface area contributed by atoms with E-state index in [-0.39, 0.29) is 25.9 Å². The summed E-state index contributed by atoms with van der Waals surface area (Å²) in [6, 6.07) is 1.56. The monoisotopic (exact) mass is 249 g/mol. The summed E-state index contributed by atoms with van der Waals surface area (Å²) in [4.78, 5) is 3.87. The van der Waals surface area contributed by atoms with Gasteiger partial charge in [-0.25, -0.2) is 4.98 Å². The predicted octanol–water partition coefficient (Wildman–Crippen LogP) is -0.539. The van der Waals surface area contributed by atoms with Crippen LogP contribution < -0.4 is 11.2 Å². The molecule has 0 spiro atoms. The van der Waals surface area contributed by atoms with Crippen molar-refractivity contribution in [2.24, 2.45) is 0 Å². The summed E-state index contributed by atoms with van der Waals surface area (Å²) in [5, 5.41) is 7.79. The molecule has 0 unspecified atom stereocenters. The first-order chi connectivity index (χ1) is 8.66. The fourth-order valence-electron chi connectivity index (χ4n) is 1.56. The Bertz CT molecular complexity index is 441. The first-order valence-electron chi connectivity index (χ1n) is 5.59. The highest BCUT2D eigenvalue weighted by atomic mass is 16.6. The zero-order chi connectivity index (χ0) is 13.0. The molecule has 1 aromatic rings. The molecule has 0 aliphatic carbocycles. The predicted molar refractivity (Wildman–Crippen MR) is 69.5 cm³/mol. The van der Waals surface area contributed by atoms with E-state index in [4.69, 9.17) is 33.2 Å². The van der Waals surface area contributed by atoms with Crippen molar-refractivity contribution in [2.45, 2.75) is 6.10 Å². The molecule has 1 fully saturated rings. The van der Waals surface area contributed by atoms with Crippen molar-refractivity contribution < 1.29 is 15.6 Å². The number of nitrogens with zero attached hydrogens (tertiary/aromatic N) is 1. The van der Waals surface area contributed by atoms with Crippen LogP contribution in [0, 0.1) is 5.41 Å². The lowest BCUT2D eigenvalue weighted by Crippen LogP contribution is -2.33. The number of hydrogen-bond donors (Lipinski definition) is 2. The van der Waals surface area contributed by atoms with Gasteiger partial charge in [0.25, 0.3) is 0 Å². The smallest absolute Gasteiger partial charge is 0.217 e. The molecule has 1 atom stereocenters. The molecule has 96 valence electrons. The van der Waals surface area contributed by atoms with Crippen molar-refractivity contribution in [3.63, 3.8) is 0 Å². The average Bonchev–Trinajstić information content (AvgIpc) is 2.40. The van der Waals surface area contributed by atoms with E-state index in [0.29, 0.717) is 30.8 Å². The van der Waals surface area contributed by atoms with Crippen LogP contribution in [-0.4, -0.2) is 51.3 Å². The molecule has 0 saturated carbocycles. The molecule has 0 amide bonds. The average molecular weight is 249 g/mol. The molecule has 2 radical (unpaired) electrons. The van der Waals surface area contributed by atoms with Gasteiger partial charge in [0, 0.05) is 7.62 Å². The van der Waals surface area contributed by atoms with E-state index in [1.807, 2.05) is 0 Å². The number of nitrogens with two attached hydrogens (primary N) is 1. The third-order valence-corrected chi connectivity index (χ3v) is 2.48. The lowest BCUT2D eigenvalue weighted by molar-refractivity contribution is -0.103. The van der Waals surface area contributed by atoms with Crippen LogP contribution in [0.25, 0.3) is 0 Å². The molecular weight excluding hydrogens is 233 g/mol. The molecular formula is C11H16BN3O3. The number of pyridine rings is 1. The van der Waals surface area contributed by atoms with Crippen molar-refractivity contribution in [3.8, 4) is 0 Å². The highest BCUT2D eigenvalue weighted by Gasteiger charge is 2.17. The topological polar surface area (TPSA) is 90.5 Å². The van der Waals surface area contributed by atoms with Crippen LogP contribution in [0.15, 0.2) is 12.3 Å². The molecule has 7 heteroatoms. The van der Waals surface area contributed by atoms with E-state index in [1.165, 1.54) is 6.20 Å². The van der Waals surface area contributed by atoms with Gasteiger partial charge in [-0.15, -0.1) is 0 Å². The summed E-state index contributed by atoms with van der Waals surface area (Å²) in [6.07, 6.45) is 1.28. The Morgan fingerprint density at radius 1 is 1.67 bits per heavy atom.